The lowest BCUT2D eigenvalue weighted by Crippen LogP contribution is -2.19. The van der Waals surface area contributed by atoms with E-state index in [4.69, 9.17) is 9.72 Å². The number of nitrogens with zero attached hydrogens (tertiary/aromatic N) is 2. The summed E-state index contributed by atoms with van der Waals surface area (Å²) in [5.41, 5.74) is 3.15. The van der Waals surface area contributed by atoms with E-state index in [0.717, 1.165) is 21.9 Å². The molecule has 0 fully saturated rings. The minimum atomic E-state index is -0.261. The van der Waals surface area contributed by atoms with E-state index in [-0.39, 0.29) is 16.9 Å². The summed E-state index contributed by atoms with van der Waals surface area (Å²) >= 11 is 1.39. The molecule has 0 bridgehead atoms. The zero-order valence-corrected chi connectivity index (χ0v) is 18.4. The zero-order valence-electron chi connectivity index (χ0n) is 17.6. The molecule has 0 radical (unpaired) electrons. The number of ether oxygens (including phenoxy) is 1. The predicted octanol–water partition coefficient (Wildman–Crippen LogP) is 5.71. The number of aromatic nitrogens is 2. The van der Waals surface area contributed by atoms with Gasteiger partial charge in [-0.25, -0.2) is 4.98 Å². The maximum absolute atomic E-state index is 13.4. The van der Waals surface area contributed by atoms with Gasteiger partial charge in [0.25, 0.3) is 5.56 Å². The summed E-state index contributed by atoms with van der Waals surface area (Å²) in [6.07, 6.45) is 0. The Labute approximate surface area is 188 Å². The predicted molar refractivity (Wildman–Crippen MR) is 129 cm³/mol. The number of fused-ring (bicyclic) bond motifs is 1. The summed E-state index contributed by atoms with van der Waals surface area (Å²) in [6.45, 7) is 0. The van der Waals surface area contributed by atoms with Crippen LogP contribution in [0.15, 0.2) is 83.7 Å². The molecular formula is C26H20N2O3S. The first-order chi connectivity index (χ1) is 15.6. The number of para-hydroxylation sites is 1. The minimum absolute atomic E-state index is 0.0224. The van der Waals surface area contributed by atoms with Crippen LogP contribution in [0.25, 0.3) is 43.2 Å². The van der Waals surface area contributed by atoms with E-state index in [1.54, 1.807) is 18.7 Å². The Morgan fingerprint density at radius 3 is 2.31 bits per heavy atom. The Morgan fingerprint density at radius 2 is 1.59 bits per heavy atom. The van der Waals surface area contributed by atoms with E-state index >= 15 is 0 Å². The van der Waals surface area contributed by atoms with Gasteiger partial charge in [0.2, 0.25) is 0 Å². The number of benzene rings is 3. The lowest BCUT2D eigenvalue weighted by atomic mass is 10.0. The van der Waals surface area contributed by atoms with Gasteiger partial charge in [0, 0.05) is 23.6 Å². The quantitative estimate of drug-likeness (QED) is 0.389. The molecule has 2 heterocycles. The second kappa shape index (κ2) is 7.98. The number of rotatable bonds is 4. The number of aryl methyl sites for hydroxylation is 1. The Kier molecular flexibility index (Phi) is 4.99. The lowest BCUT2D eigenvalue weighted by Gasteiger charge is -2.11. The van der Waals surface area contributed by atoms with Crippen LogP contribution >= 0.6 is 11.3 Å². The molecule has 3 aromatic carbocycles. The smallest absolute Gasteiger partial charge is 0.263 e. The van der Waals surface area contributed by atoms with Gasteiger partial charge in [-0.15, -0.1) is 11.3 Å². The molecule has 0 spiro atoms. The lowest BCUT2D eigenvalue weighted by molar-refractivity contribution is 0.415. The molecule has 158 valence electrons. The van der Waals surface area contributed by atoms with Crippen molar-refractivity contribution in [3.8, 4) is 43.8 Å². The van der Waals surface area contributed by atoms with Crippen LogP contribution in [0.2, 0.25) is 0 Å². The maximum atomic E-state index is 13.4. The molecule has 0 unspecified atom stereocenters. The largest absolute Gasteiger partial charge is 0.506 e. The van der Waals surface area contributed by atoms with Crippen molar-refractivity contribution in [1.82, 2.24) is 9.55 Å². The third-order valence-electron chi connectivity index (χ3n) is 5.51. The van der Waals surface area contributed by atoms with Crippen LogP contribution in [0.3, 0.4) is 0 Å². The van der Waals surface area contributed by atoms with E-state index in [2.05, 4.69) is 0 Å². The van der Waals surface area contributed by atoms with Crippen molar-refractivity contribution in [2.24, 2.45) is 7.05 Å². The number of methoxy groups -OCH3 is 1. The first-order valence-electron chi connectivity index (χ1n) is 10.1. The fourth-order valence-corrected chi connectivity index (χ4v) is 4.95. The van der Waals surface area contributed by atoms with Gasteiger partial charge in [0.15, 0.2) is 0 Å². The van der Waals surface area contributed by atoms with E-state index in [1.165, 1.54) is 11.3 Å². The van der Waals surface area contributed by atoms with Crippen LogP contribution in [0.4, 0.5) is 0 Å². The van der Waals surface area contributed by atoms with E-state index < -0.39 is 0 Å². The van der Waals surface area contributed by atoms with Crippen molar-refractivity contribution in [2.75, 3.05) is 7.11 Å². The molecule has 0 saturated carbocycles. The van der Waals surface area contributed by atoms with Gasteiger partial charge in [-0.2, -0.15) is 0 Å². The highest BCUT2D eigenvalue weighted by atomic mass is 32.1. The van der Waals surface area contributed by atoms with Crippen molar-refractivity contribution in [2.45, 2.75) is 0 Å². The average molecular weight is 441 g/mol. The number of aromatic hydroxyl groups is 1. The molecule has 2 aromatic heterocycles. The van der Waals surface area contributed by atoms with Crippen LogP contribution in [0.5, 0.6) is 11.5 Å². The van der Waals surface area contributed by atoms with Gasteiger partial charge in [0.1, 0.15) is 22.1 Å². The first kappa shape index (κ1) is 20.0. The fraction of sp³-hybridized carbons (Fsp3) is 0.0769. The second-order valence-corrected chi connectivity index (χ2v) is 8.40. The molecule has 1 N–H and O–H groups in total. The number of thiazole rings is 1. The molecule has 0 aliphatic carbocycles. The summed E-state index contributed by atoms with van der Waals surface area (Å²) in [5, 5.41) is 12.6. The summed E-state index contributed by atoms with van der Waals surface area (Å²) in [4.78, 5) is 18.9. The minimum Gasteiger partial charge on any atom is -0.506 e. The van der Waals surface area contributed by atoms with Crippen LogP contribution in [0, 0.1) is 0 Å². The molecule has 0 amide bonds. The summed E-state index contributed by atoms with van der Waals surface area (Å²) < 4.78 is 6.84. The molecule has 0 aliphatic rings. The Morgan fingerprint density at radius 1 is 0.906 bits per heavy atom. The number of pyridine rings is 1. The third-order valence-corrected chi connectivity index (χ3v) is 6.64. The number of hydrogen-bond donors (Lipinski definition) is 1. The zero-order chi connectivity index (χ0) is 22.2. The van der Waals surface area contributed by atoms with Crippen LogP contribution < -0.4 is 10.3 Å². The van der Waals surface area contributed by atoms with Crippen molar-refractivity contribution < 1.29 is 9.84 Å². The van der Waals surface area contributed by atoms with Gasteiger partial charge in [-0.05, 0) is 36.4 Å². The number of hydrogen-bond acceptors (Lipinski definition) is 5. The molecule has 0 atom stereocenters. The van der Waals surface area contributed by atoms with Crippen LogP contribution in [-0.4, -0.2) is 21.8 Å². The van der Waals surface area contributed by atoms with Gasteiger partial charge < -0.3 is 14.4 Å². The van der Waals surface area contributed by atoms with E-state index in [9.17, 15) is 9.90 Å². The van der Waals surface area contributed by atoms with Crippen molar-refractivity contribution in [3.05, 3.63) is 89.2 Å². The summed E-state index contributed by atoms with van der Waals surface area (Å²) in [5.74, 6) is 0.737. The normalized spacial score (nSPS) is 11.1. The molecule has 5 rings (SSSR count). The third kappa shape index (κ3) is 3.25. The Bertz CT molecular complexity index is 1490. The highest BCUT2D eigenvalue weighted by Gasteiger charge is 2.24. The molecule has 5 nitrogen and oxygen atoms in total. The highest BCUT2D eigenvalue weighted by Crippen LogP contribution is 2.44. The Hall–Kier alpha value is -3.90. The van der Waals surface area contributed by atoms with E-state index in [1.807, 2.05) is 78.9 Å². The van der Waals surface area contributed by atoms with Crippen molar-refractivity contribution >= 4 is 22.2 Å². The molecule has 6 heteroatoms. The van der Waals surface area contributed by atoms with Gasteiger partial charge in [0.05, 0.1) is 23.2 Å². The molecule has 0 aliphatic heterocycles. The van der Waals surface area contributed by atoms with Crippen LogP contribution in [0.1, 0.15) is 0 Å². The molecule has 5 aromatic rings. The maximum Gasteiger partial charge on any atom is 0.263 e. The first-order valence-corrected chi connectivity index (χ1v) is 10.9. The van der Waals surface area contributed by atoms with Gasteiger partial charge >= 0.3 is 0 Å². The van der Waals surface area contributed by atoms with Crippen molar-refractivity contribution in [1.29, 1.82) is 0 Å². The standard InChI is InChI=1S/C26H20N2O3S/c1-28-20-11-7-6-10-19(20)23(29)21(26(28)30)24-22(16-8-4-3-5-9-16)27-25(32-24)17-12-14-18(31-2)15-13-17/h3-15,29H,1-2H3. The second-order valence-electron chi connectivity index (χ2n) is 7.40. The Balaban J connectivity index is 1.80. The molecule has 0 saturated heterocycles. The van der Waals surface area contributed by atoms with Crippen molar-refractivity contribution in [3.63, 3.8) is 0 Å². The topological polar surface area (TPSA) is 64.3 Å². The summed E-state index contributed by atoms with van der Waals surface area (Å²) in [6, 6.07) is 24.7. The summed E-state index contributed by atoms with van der Waals surface area (Å²) in [7, 11) is 3.35. The SMILES string of the molecule is COc1ccc(-c2nc(-c3ccccc3)c(-c3c(O)c4ccccc4n(C)c3=O)s2)cc1. The monoisotopic (exact) mass is 440 g/mol. The molecular weight excluding hydrogens is 420 g/mol. The average Bonchev–Trinajstić information content (AvgIpc) is 3.28. The highest BCUT2D eigenvalue weighted by molar-refractivity contribution is 7.19. The van der Waals surface area contributed by atoms with Gasteiger partial charge in [-0.3, -0.25) is 4.79 Å². The van der Waals surface area contributed by atoms with Crippen LogP contribution in [-0.2, 0) is 7.05 Å². The fourth-order valence-electron chi connectivity index (χ4n) is 3.82. The van der Waals surface area contributed by atoms with Gasteiger partial charge in [-0.1, -0.05) is 42.5 Å². The molecule has 32 heavy (non-hydrogen) atoms. The van der Waals surface area contributed by atoms with E-state index in [0.29, 0.717) is 21.5 Å².